The predicted octanol–water partition coefficient (Wildman–Crippen LogP) is 2.47. The Balaban J connectivity index is 1.60. The monoisotopic (exact) mass is 310 g/mol. The number of aromatic amines is 1. The smallest absolute Gasteiger partial charge is 0.341 e. The zero-order chi connectivity index (χ0) is 16.1. The Kier molecular flexibility index (Phi) is 4.19. The van der Waals surface area contributed by atoms with E-state index in [4.69, 9.17) is 9.84 Å². The molecule has 3 aromatic rings. The standard InChI is InChI=1S/C16H14N4O3/c21-15(22)10-23-12-7-5-11(6-8-12)9-17-20-16-18-13-3-1-2-4-14(13)19-16/h1-9H,10H2,(H,21,22)(H2,18,19,20)/b17-9-. The van der Waals surface area contributed by atoms with E-state index in [-0.39, 0.29) is 6.61 Å². The first-order valence-corrected chi connectivity index (χ1v) is 6.89. The molecule has 1 aromatic heterocycles. The number of nitrogens with one attached hydrogen (secondary N) is 2. The van der Waals surface area contributed by atoms with Crippen molar-refractivity contribution in [3.05, 3.63) is 54.1 Å². The second-order valence-corrected chi connectivity index (χ2v) is 4.72. The van der Waals surface area contributed by atoms with Crippen molar-refractivity contribution < 1.29 is 14.6 Å². The summed E-state index contributed by atoms with van der Waals surface area (Å²) >= 11 is 0. The lowest BCUT2D eigenvalue weighted by Crippen LogP contribution is -2.09. The van der Waals surface area contributed by atoms with Crippen LogP contribution in [0.15, 0.2) is 53.6 Å². The Hall–Kier alpha value is -3.35. The number of ether oxygens (including phenoxy) is 1. The number of imidazole rings is 1. The molecule has 7 nitrogen and oxygen atoms in total. The zero-order valence-electron chi connectivity index (χ0n) is 12.1. The summed E-state index contributed by atoms with van der Waals surface area (Å²) in [4.78, 5) is 17.9. The molecular formula is C16H14N4O3. The quantitative estimate of drug-likeness (QED) is 0.480. The van der Waals surface area contributed by atoms with Crippen LogP contribution in [0.3, 0.4) is 0 Å². The minimum absolute atomic E-state index is 0.360. The Morgan fingerprint density at radius 1 is 1.26 bits per heavy atom. The summed E-state index contributed by atoms with van der Waals surface area (Å²) in [5, 5.41) is 12.7. The first-order valence-electron chi connectivity index (χ1n) is 6.89. The maximum atomic E-state index is 10.4. The molecule has 1 heterocycles. The van der Waals surface area contributed by atoms with Crippen LogP contribution in [0.2, 0.25) is 0 Å². The van der Waals surface area contributed by atoms with E-state index < -0.39 is 5.97 Å². The Morgan fingerprint density at radius 2 is 2.04 bits per heavy atom. The van der Waals surface area contributed by atoms with Crippen LogP contribution < -0.4 is 10.2 Å². The van der Waals surface area contributed by atoms with Crippen molar-refractivity contribution >= 4 is 29.2 Å². The molecule has 2 aromatic carbocycles. The normalized spacial score (nSPS) is 11.0. The van der Waals surface area contributed by atoms with Crippen molar-refractivity contribution in [1.82, 2.24) is 9.97 Å². The second-order valence-electron chi connectivity index (χ2n) is 4.72. The molecule has 0 radical (unpaired) electrons. The maximum Gasteiger partial charge on any atom is 0.341 e. The lowest BCUT2D eigenvalue weighted by Gasteiger charge is -2.02. The van der Waals surface area contributed by atoms with Gasteiger partial charge in [0.25, 0.3) is 0 Å². The van der Waals surface area contributed by atoms with Crippen LogP contribution in [0, 0.1) is 0 Å². The SMILES string of the molecule is O=C(O)COc1ccc(/C=N\Nc2nc3ccccc3[nH]2)cc1. The Bertz CT molecular complexity index is 807. The largest absolute Gasteiger partial charge is 0.482 e. The Labute approximate surface area is 131 Å². The summed E-state index contributed by atoms with van der Waals surface area (Å²) in [7, 11) is 0. The van der Waals surface area contributed by atoms with E-state index in [1.54, 1.807) is 30.5 Å². The van der Waals surface area contributed by atoms with Gasteiger partial charge in [-0.25, -0.2) is 15.2 Å². The van der Waals surface area contributed by atoms with E-state index in [1.807, 2.05) is 24.3 Å². The van der Waals surface area contributed by atoms with Gasteiger partial charge in [-0.1, -0.05) is 12.1 Å². The lowest BCUT2D eigenvalue weighted by atomic mass is 10.2. The van der Waals surface area contributed by atoms with E-state index in [0.29, 0.717) is 11.7 Å². The molecule has 0 saturated carbocycles. The number of hydrazone groups is 1. The van der Waals surface area contributed by atoms with Crippen molar-refractivity contribution in [1.29, 1.82) is 0 Å². The first-order chi connectivity index (χ1) is 11.2. The number of carboxylic acids is 1. The lowest BCUT2D eigenvalue weighted by molar-refractivity contribution is -0.139. The molecule has 0 aliphatic heterocycles. The van der Waals surface area contributed by atoms with E-state index in [2.05, 4.69) is 20.5 Å². The molecule has 0 spiro atoms. The highest BCUT2D eigenvalue weighted by molar-refractivity contribution is 5.81. The molecule has 0 bridgehead atoms. The van der Waals surface area contributed by atoms with Crippen LogP contribution >= 0.6 is 0 Å². The third-order valence-electron chi connectivity index (χ3n) is 3.02. The highest BCUT2D eigenvalue weighted by Gasteiger charge is 2.00. The van der Waals surface area contributed by atoms with Crippen LogP contribution in [0.5, 0.6) is 5.75 Å². The van der Waals surface area contributed by atoms with Crippen LogP contribution in [0.25, 0.3) is 11.0 Å². The average molecular weight is 310 g/mol. The fourth-order valence-corrected chi connectivity index (χ4v) is 1.97. The van der Waals surface area contributed by atoms with Crippen molar-refractivity contribution in [3.8, 4) is 5.75 Å². The van der Waals surface area contributed by atoms with Gasteiger partial charge >= 0.3 is 5.97 Å². The molecule has 0 atom stereocenters. The molecule has 23 heavy (non-hydrogen) atoms. The van der Waals surface area contributed by atoms with E-state index in [9.17, 15) is 4.79 Å². The summed E-state index contributed by atoms with van der Waals surface area (Å²) < 4.78 is 5.06. The van der Waals surface area contributed by atoms with Crippen LogP contribution in [-0.4, -0.2) is 33.9 Å². The van der Waals surface area contributed by atoms with Crippen molar-refractivity contribution in [2.75, 3.05) is 12.0 Å². The molecule has 0 amide bonds. The third kappa shape index (κ3) is 3.85. The Morgan fingerprint density at radius 3 is 2.78 bits per heavy atom. The number of rotatable bonds is 6. The highest BCUT2D eigenvalue weighted by Crippen LogP contribution is 2.13. The molecular weight excluding hydrogens is 296 g/mol. The first kappa shape index (κ1) is 14.6. The number of fused-ring (bicyclic) bond motifs is 1. The molecule has 0 aliphatic carbocycles. The minimum atomic E-state index is -1.01. The van der Waals surface area contributed by atoms with Gasteiger partial charge in [0.2, 0.25) is 5.95 Å². The fraction of sp³-hybridized carbons (Fsp3) is 0.0625. The number of aliphatic carboxylic acids is 1. The van der Waals surface area contributed by atoms with E-state index in [1.165, 1.54) is 0 Å². The van der Waals surface area contributed by atoms with Gasteiger partial charge in [-0.15, -0.1) is 0 Å². The number of carbonyl (C=O) groups is 1. The number of carboxylic acid groups (broad SMARTS) is 1. The summed E-state index contributed by atoms with van der Waals surface area (Å²) in [5.74, 6) is 0.0457. The van der Waals surface area contributed by atoms with Crippen LogP contribution in [0.1, 0.15) is 5.56 Å². The molecule has 0 unspecified atom stereocenters. The van der Waals surface area contributed by atoms with Gasteiger partial charge in [-0.2, -0.15) is 5.10 Å². The summed E-state index contributed by atoms with van der Waals surface area (Å²) in [6.07, 6.45) is 1.63. The summed E-state index contributed by atoms with van der Waals surface area (Å²) in [6, 6.07) is 14.6. The summed E-state index contributed by atoms with van der Waals surface area (Å²) in [6.45, 7) is -0.360. The zero-order valence-corrected chi connectivity index (χ0v) is 12.1. The molecule has 0 saturated heterocycles. The van der Waals surface area contributed by atoms with Crippen LogP contribution in [-0.2, 0) is 4.79 Å². The number of nitrogens with zero attached hydrogens (tertiary/aromatic N) is 2. The third-order valence-corrected chi connectivity index (χ3v) is 3.02. The number of para-hydroxylation sites is 2. The number of hydrogen-bond donors (Lipinski definition) is 3. The van der Waals surface area contributed by atoms with Crippen molar-refractivity contribution in [3.63, 3.8) is 0 Å². The topological polar surface area (TPSA) is 99.6 Å². The maximum absolute atomic E-state index is 10.4. The molecule has 7 heteroatoms. The van der Waals surface area contributed by atoms with Gasteiger partial charge in [0, 0.05) is 0 Å². The molecule has 3 N–H and O–H groups in total. The fourth-order valence-electron chi connectivity index (χ4n) is 1.97. The number of anilines is 1. The van der Waals surface area contributed by atoms with Gasteiger partial charge in [-0.05, 0) is 42.0 Å². The number of hydrogen-bond acceptors (Lipinski definition) is 5. The molecule has 116 valence electrons. The van der Waals surface area contributed by atoms with Gasteiger partial charge in [0.15, 0.2) is 6.61 Å². The van der Waals surface area contributed by atoms with Crippen LogP contribution in [0.4, 0.5) is 5.95 Å². The molecule has 0 aliphatic rings. The average Bonchev–Trinajstić information content (AvgIpc) is 2.97. The highest BCUT2D eigenvalue weighted by atomic mass is 16.5. The summed E-state index contributed by atoms with van der Waals surface area (Å²) in [5.41, 5.74) is 5.48. The van der Waals surface area contributed by atoms with Crippen molar-refractivity contribution in [2.45, 2.75) is 0 Å². The van der Waals surface area contributed by atoms with Gasteiger partial charge in [0.1, 0.15) is 5.75 Å². The van der Waals surface area contributed by atoms with Crippen molar-refractivity contribution in [2.24, 2.45) is 5.10 Å². The molecule has 0 fully saturated rings. The van der Waals surface area contributed by atoms with Gasteiger partial charge in [0.05, 0.1) is 17.2 Å². The second kappa shape index (κ2) is 6.61. The number of aromatic nitrogens is 2. The minimum Gasteiger partial charge on any atom is -0.482 e. The number of H-pyrrole nitrogens is 1. The van der Waals surface area contributed by atoms with Gasteiger partial charge in [-0.3, -0.25) is 0 Å². The van der Waals surface area contributed by atoms with Gasteiger partial charge < -0.3 is 14.8 Å². The number of benzene rings is 2. The predicted molar refractivity (Wildman–Crippen MR) is 86.9 cm³/mol. The van der Waals surface area contributed by atoms with E-state index in [0.717, 1.165) is 16.6 Å². The molecule has 3 rings (SSSR count). The van der Waals surface area contributed by atoms with E-state index >= 15 is 0 Å².